The molecular formula is C24H24ClN9S. The number of aromatic nitrogens is 2. The molecule has 178 valence electrons. The molecule has 6 N–H and O–H groups in total. The smallest absolute Gasteiger partial charge is 0.169 e. The van der Waals surface area contributed by atoms with Gasteiger partial charge in [0.05, 0.1) is 29.6 Å². The number of hydrogen-bond acceptors (Lipinski definition) is 9. The summed E-state index contributed by atoms with van der Waals surface area (Å²) in [6, 6.07) is 18.3. The van der Waals surface area contributed by atoms with Crippen molar-refractivity contribution in [2.75, 3.05) is 16.4 Å². The van der Waals surface area contributed by atoms with Gasteiger partial charge in [-0.05, 0) is 53.7 Å². The number of nitrogens with one attached hydrogen (secondary N) is 2. The van der Waals surface area contributed by atoms with Crippen LogP contribution < -0.4 is 22.2 Å². The number of hydrazine groups is 1. The Morgan fingerprint density at radius 2 is 1.94 bits per heavy atom. The Kier molecular flexibility index (Phi) is 7.56. The quantitative estimate of drug-likeness (QED) is 0.0825. The molecule has 4 rings (SSSR count). The first-order valence-electron chi connectivity index (χ1n) is 10.5. The van der Waals surface area contributed by atoms with Crippen LogP contribution in [-0.4, -0.2) is 26.3 Å². The Labute approximate surface area is 212 Å². The zero-order valence-corrected chi connectivity index (χ0v) is 20.3. The van der Waals surface area contributed by atoms with Crippen LogP contribution in [0.25, 0.3) is 11.0 Å². The number of halogens is 1. The third-order valence-electron chi connectivity index (χ3n) is 5.26. The van der Waals surface area contributed by atoms with E-state index in [2.05, 4.69) is 42.9 Å². The van der Waals surface area contributed by atoms with Crippen molar-refractivity contribution in [1.82, 2.24) is 13.8 Å². The average molecular weight is 506 g/mol. The summed E-state index contributed by atoms with van der Waals surface area (Å²) in [6.07, 6.45) is 1.57. The number of hydrogen-bond donors (Lipinski definition) is 4. The van der Waals surface area contributed by atoms with Gasteiger partial charge >= 0.3 is 0 Å². The maximum absolute atomic E-state index is 6.53. The SMILES string of the molecule is C=CNc1ccc(NC(/C(=N/N=C)N(N)Cc2ccccc2Cl)c2ccc3nsnc3c2)cc1N. The van der Waals surface area contributed by atoms with Crippen molar-refractivity contribution in [2.45, 2.75) is 12.6 Å². The summed E-state index contributed by atoms with van der Waals surface area (Å²) in [7, 11) is 0. The minimum Gasteiger partial charge on any atom is -0.397 e. The van der Waals surface area contributed by atoms with E-state index in [-0.39, 0.29) is 0 Å². The highest BCUT2D eigenvalue weighted by molar-refractivity contribution is 7.00. The molecule has 0 amide bonds. The van der Waals surface area contributed by atoms with Crippen molar-refractivity contribution in [3.63, 3.8) is 0 Å². The van der Waals surface area contributed by atoms with Crippen LogP contribution in [0.2, 0.25) is 5.02 Å². The summed E-state index contributed by atoms with van der Waals surface area (Å²) in [5, 5.41) is 16.7. The van der Waals surface area contributed by atoms with E-state index in [1.807, 2.05) is 60.7 Å². The molecule has 3 aromatic carbocycles. The molecule has 1 unspecified atom stereocenters. The lowest BCUT2D eigenvalue weighted by molar-refractivity contribution is 0.419. The molecule has 0 aliphatic carbocycles. The maximum Gasteiger partial charge on any atom is 0.169 e. The van der Waals surface area contributed by atoms with Crippen molar-refractivity contribution in [3.8, 4) is 0 Å². The topological polar surface area (TPSA) is 130 Å². The van der Waals surface area contributed by atoms with Gasteiger partial charge in [0.1, 0.15) is 17.1 Å². The number of nitrogens with zero attached hydrogens (tertiary/aromatic N) is 5. The Morgan fingerprint density at radius 1 is 1.14 bits per heavy atom. The Bertz CT molecular complexity index is 1380. The van der Waals surface area contributed by atoms with Gasteiger partial charge in [-0.1, -0.05) is 42.4 Å². The second kappa shape index (κ2) is 11.0. The average Bonchev–Trinajstić information content (AvgIpc) is 3.32. The number of benzene rings is 3. The number of fused-ring (bicyclic) bond motifs is 1. The van der Waals surface area contributed by atoms with Gasteiger partial charge in [0.25, 0.3) is 0 Å². The zero-order chi connectivity index (χ0) is 24.8. The second-order valence-corrected chi connectivity index (χ2v) is 8.49. The van der Waals surface area contributed by atoms with Gasteiger partial charge in [0.15, 0.2) is 5.84 Å². The first-order valence-corrected chi connectivity index (χ1v) is 11.7. The fourth-order valence-corrected chi connectivity index (χ4v) is 4.29. The second-order valence-electron chi connectivity index (χ2n) is 7.56. The maximum atomic E-state index is 6.53. The van der Waals surface area contributed by atoms with Gasteiger partial charge < -0.3 is 16.4 Å². The summed E-state index contributed by atoms with van der Waals surface area (Å²) in [4.78, 5) is 0. The number of anilines is 3. The lowest BCUT2D eigenvalue weighted by Gasteiger charge is -2.29. The highest BCUT2D eigenvalue weighted by atomic mass is 35.5. The molecule has 0 saturated carbocycles. The fraction of sp³-hybridized carbons (Fsp3) is 0.0833. The molecule has 0 radical (unpaired) electrons. The van der Waals surface area contributed by atoms with E-state index >= 15 is 0 Å². The van der Waals surface area contributed by atoms with Crippen molar-refractivity contribution in [3.05, 3.63) is 89.6 Å². The third-order valence-corrected chi connectivity index (χ3v) is 6.18. The first kappa shape index (κ1) is 24.1. The van der Waals surface area contributed by atoms with Crippen LogP contribution in [0.4, 0.5) is 17.1 Å². The van der Waals surface area contributed by atoms with Crippen LogP contribution in [0.3, 0.4) is 0 Å². The summed E-state index contributed by atoms with van der Waals surface area (Å²) in [5.74, 6) is 6.95. The van der Waals surface area contributed by atoms with Crippen LogP contribution >= 0.6 is 23.3 Å². The Balaban J connectivity index is 1.74. The lowest BCUT2D eigenvalue weighted by atomic mass is 10.0. The number of nitrogen functional groups attached to an aromatic ring is 1. The van der Waals surface area contributed by atoms with E-state index in [0.29, 0.717) is 23.1 Å². The Hall–Kier alpha value is -3.99. The normalized spacial score (nSPS) is 12.2. The van der Waals surface area contributed by atoms with Crippen molar-refractivity contribution in [2.24, 2.45) is 16.0 Å². The molecule has 35 heavy (non-hydrogen) atoms. The molecule has 1 aromatic heterocycles. The van der Waals surface area contributed by atoms with Crippen molar-refractivity contribution >= 4 is 64.0 Å². The molecule has 0 spiro atoms. The van der Waals surface area contributed by atoms with Gasteiger partial charge in [-0.25, -0.2) is 5.84 Å². The van der Waals surface area contributed by atoms with Crippen LogP contribution in [0, 0.1) is 0 Å². The van der Waals surface area contributed by atoms with E-state index in [4.69, 9.17) is 23.2 Å². The summed E-state index contributed by atoms with van der Waals surface area (Å²) in [6.45, 7) is 7.53. The molecule has 0 fully saturated rings. The van der Waals surface area contributed by atoms with E-state index < -0.39 is 6.04 Å². The monoisotopic (exact) mass is 505 g/mol. The molecule has 0 saturated heterocycles. The van der Waals surface area contributed by atoms with Crippen LogP contribution in [0.15, 0.2) is 83.6 Å². The Morgan fingerprint density at radius 3 is 2.69 bits per heavy atom. The molecule has 11 heteroatoms. The molecular weight excluding hydrogens is 482 g/mol. The van der Waals surface area contributed by atoms with Gasteiger partial charge in [-0.15, -0.1) is 5.10 Å². The summed E-state index contributed by atoms with van der Waals surface area (Å²) >= 11 is 7.53. The molecule has 0 aliphatic heterocycles. The summed E-state index contributed by atoms with van der Waals surface area (Å²) in [5.41, 5.74) is 11.5. The third kappa shape index (κ3) is 5.57. The van der Waals surface area contributed by atoms with E-state index in [1.54, 1.807) is 6.20 Å². The number of amidine groups is 1. The van der Waals surface area contributed by atoms with E-state index in [0.717, 1.165) is 45.3 Å². The molecule has 9 nitrogen and oxygen atoms in total. The fourth-order valence-electron chi connectivity index (χ4n) is 3.58. The molecule has 0 aliphatic rings. The van der Waals surface area contributed by atoms with E-state index in [9.17, 15) is 0 Å². The minimum absolute atomic E-state index is 0.303. The largest absolute Gasteiger partial charge is 0.397 e. The standard InChI is InChI=1S/C24H24ClN9S/c1-3-29-20-11-9-17(13-19(20)26)30-23(15-8-10-21-22(12-15)33-35-32-21)24(31-28-2)34(27)14-16-6-4-5-7-18(16)25/h3-13,23,29-30H,1-2,14,26-27H2/b31-24-. The van der Waals surface area contributed by atoms with Gasteiger partial charge in [-0.2, -0.15) is 13.8 Å². The molecule has 4 aromatic rings. The molecule has 0 bridgehead atoms. The predicted molar refractivity (Wildman–Crippen MR) is 147 cm³/mol. The predicted octanol–water partition coefficient (Wildman–Crippen LogP) is 5.03. The zero-order valence-electron chi connectivity index (χ0n) is 18.7. The molecule has 1 atom stereocenters. The highest BCUT2D eigenvalue weighted by Crippen LogP contribution is 2.29. The summed E-state index contributed by atoms with van der Waals surface area (Å²) < 4.78 is 8.67. The van der Waals surface area contributed by atoms with Gasteiger partial charge in [-0.3, -0.25) is 5.01 Å². The van der Waals surface area contributed by atoms with Crippen LogP contribution in [0.1, 0.15) is 17.2 Å². The van der Waals surface area contributed by atoms with E-state index in [1.165, 1.54) is 5.01 Å². The van der Waals surface area contributed by atoms with Crippen LogP contribution in [-0.2, 0) is 6.54 Å². The molecule has 1 heterocycles. The number of rotatable bonds is 9. The first-order chi connectivity index (χ1) is 17.0. The highest BCUT2D eigenvalue weighted by Gasteiger charge is 2.25. The van der Waals surface area contributed by atoms with Gasteiger partial charge in [0, 0.05) is 17.4 Å². The van der Waals surface area contributed by atoms with Crippen LogP contribution in [0.5, 0.6) is 0 Å². The van der Waals surface area contributed by atoms with Crippen molar-refractivity contribution in [1.29, 1.82) is 0 Å². The lowest BCUT2D eigenvalue weighted by Crippen LogP contribution is -2.42. The van der Waals surface area contributed by atoms with Gasteiger partial charge in [0.2, 0.25) is 0 Å². The van der Waals surface area contributed by atoms with Crippen molar-refractivity contribution < 1.29 is 0 Å². The number of nitrogens with two attached hydrogens (primary N) is 2. The minimum atomic E-state index is -0.517.